The van der Waals surface area contributed by atoms with Gasteiger partial charge in [-0.05, 0) is 28.8 Å². The van der Waals surface area contributed by atoms with Gasteiger partial charge in [-0.1, -0.05) is 36.4 Å². The van der Waals surface area contributed by atoms with E-state index in [1.165, 1.54) is 16.3 Å². The van der Waals surface area contributed by atoms with Crippen molar-refractivity contribution in [3.8, 4) is 0 Å². The zero-order valence-corrected chi connectivity index (χ0v) is 8.77. The van der Waals surface area contributed by atoms with Crippen molar-refractivity contribution < 1.29 is 5.11 Å². The standard InChI is InChI=1S/C13H15NO/c1-9-4-2-5-10-6-3-7-11(13(9)10)12(14)8-15/h2-7,12,15H,8,14H2,1H3/t12-/m0/s1. The summed E-state index contributed by atoms with van der Waals surface area (Å²) in [5, 5.41) is 11.5. The number of aliphatic hydroxyl groups excluding tert-OH is 1. The van der Waals surface area contributed by atoms with E-state index in [0.29, 0.717) is 0 Å². The number of fused-ring (bicyclic) bond motifs is 1. The van der Waals surface area contributed by atoms with Gasteiger partial charge in [-0.15, -0.1) is 0 Å². The van der Waals surface area contributed by atoms with Gasteiger partial charge in [-0.2, -0.15) is 0 Å². The van der Waals surface area contributed by atoms with Gasteiger partial charge in [0.2, 0.25) is 0 Å². The molecule has 0 unspecified atom stereocenters. The minimum Gasteiger partial charge on any atom is -0.394 e. The predicted molar refractivity (Wildman–Crippen MR) is 62.7 cm³/mol. The van der Waals surface area contributed by atoms with Crippen LogP contribution in [0.3, 0.4) is 0 Å². The van der Waals surface area contributed by atoms with E-state index in [9.17, 15) is 0 Å². The molecule has 0 spiro atoms. The zero-order valence-electron chi connectivity index (χ0n) is 8.77. The van der Waals surface area contributed by atoms with Crippen LogP contribution >= 0.6 is 0 Å². The third-order valence-electron chi connectivity index (χ3n) is 2.74. The van der Waals surface area contributed by atoms with Crippen LogP contribution < -0.4 is 5.73 Å². The molecule has 2 heteroatoms. The zero-order chi connectivity index (χ0) is 10.8. The lowest BCUT2D eigenvalue weighted by atomic mass is 9.96. The summed E-state index contributed by atoms with van der Waals surface area (Å²) in [5.74, 6) is 0. The Morgan fingerprint density at radius 3 is 2.53 bits per heavy atom. The maximum atomic E-state index is 9.11. The highest BCUT2D eigenvalue weighted by atomic mass is 16.3. The Kier molecular flexibility index (Phi) is 2.71. The molecule has 2 aromatic carbocycles. The topological polar surface area (TPSA) is 46.2 Å². The molecule has 78 valence electrons. The van der Waals surface area contributed by atoms with Crippen LogP contribution in [0.1, 0.15) is 17.2 Å². The van der Waals surface area contributed by atoms with Crippen molar-refractivity contribution in [2.75, 3.05) is 6.61 Å². The summed E-state index contributed by atoms with van der Waals surface area (Å²) in [4.78, 5) is 0. The highest BCUT2D eigenvalue weighted by Gasteiger charge is 2.09. The predicted octanol–water partition coefficient (Wildman–Crippen LogP) is 2.14. The summed E-state index contributed by atoms with van der Waals surface area (Å²) >= 11 is 0. The first-order chi connectivity index (χ1) is 7.24. The molecule has 0 aliphatic heterocycles. The van der Waals surface area contributed by atoms with Crippen molar-refractivity contribution in [3.05, 3.63) is 47.5 Å². The normalized spacial score (nSPS) is 13.0. The summed E-state index contributed by atoms with van der Waals surface area (Å²) in [6.45, 7) is 2.05. The maximum absolute atomic E-state index is 9.11. The number of aryl methyl sites for hydroxylation is 1. The van der Waals surface area contributed by atoms with Crippen molar-refractivity contribution >= 4 is 10.8 Å². The molecule has 15 heavy (non-hydrogen) atoms. The van der Waals surface area contributed by atoms with E-state index in [1.807, 2.05) is 18.2 Å². The fraction of sp³-hybridized carbons (Fsp3) is 0.231. The fourth-order valence-electron chi connectivity index (χ4n) is 1.97. The third kappa shape index (κ3) is 1.74. The number of nitrogens with two attached hydrogens (primary N) is 1. The van der Waals surface area contributed by atoms with E-state index in [0.717, 1.165) is 5.56 Å². The summed E-state index contributed by atoms with van der Waals surface area (Å²) in [6.07, 6.45) is 0. The second-order valence-corrected chi connectivity index (χ2v) is 3.81. The van der Waals surface area contributed by atoms with Crippen molar-refractivity contribution in [1.82, 2.24) is 0 Å². The summed E-state index contributed by atoms with van der Waals surface area (Å²) < 4.78 is 0. The molecule has 0 amide bonds. The Balaban J connectivity index is 2.74. The average Bonchev–Trinajstić information content (AvgIpc) is 2.28. The number of hydrogen-bond donors (Lipinski definition) is 2. The molecule has 0 fully saturated rings. The number of benzene rings is 2. The SMILES string of the molecule is Cc1cccc2cccc([C@@H](N)CO)c12. The minimum absolute atomic E-state index is 0.0204. The lowest BCUT2D eigenvalue weighted by molar-refractivity contribution is 0.268. The Morgan fingerprint density at radius 2 is 1.87 bits per heavy atom. The molecular weight excluding hydrogens is 186 g/mol. The molecule has 0 aliphatic rings. The van der Waals surface area contributed by atoms with E-state index in [4.69, 9.17) is 10.8 Å². The molecule has 1 atom stereocenters. The average molecular weight is 201 g/mol. The first-order valence-corrected chi connectivity index (χ1v) is 5.08. The highest BCUT2D eigenvalue weighted by molar-refractivity contribution is 5.89. The summed E-state index contributed by atoms with van der Waals surface area (Å²) in [5.41, 5.74) is 8.10. The molecule has 2 nitrogen and oxygen atoms in total. The quantitative estimate of drug-likeness (QED) is 0.782. The molecule has 2 aromatic rings. The van der Waals surface area contributed by atoms with Gasteiger partial charge in [0, 0.05) is 0 Å². The largest absolute Gasteiger partial charge is 0.394 e. The first-order valence-electron chi connectivity index (χ1n) is 5.08. The first kappa shape index (κ1) is 10.1. The third-order valence-corrected chi connectivity index (χ3v) is 2.74. The smallest absolute Gasteiger partial charge is 0.0624 e. The van der Waals surface area contributed by atoms with Crippen LogP contribution in [0, 0.1) is 6.92 Å². The minimum atomic E-state index is -0.296. The molecule has 0 heterocycles. The fourth-order valence-corrected chi connectivity index (χ4v) is 1.97. The Labute approximate surface area is 89.3 Å². The van der Waals surface area contributed by atoms with Gasteiger partial charge in [0.15, 0.2) is 0 Å². The van der Waals surface area contributed by atoms with Gasteiger partial charge in [-0.3, -0.25) is 0 Å². The van der Waals surface area contributed by atoms with Gasteiger partial charge < -0.3 is 10.8 Å². The van der Waals surface area contributed by atoms with Crippen LogP contribution in [0.4, 0.5) is 0 Å². The Bertz CT molecular complexity index is 474. The van der Waals surface area contributed by atoms with Crippen LogP contribution in [0.25, 0.3) is 10.8 Å². The van der Waals surface area contributed by atoms with Crippen LogP contribution in [-0.2, 0) is 0 Å². The summed E-state index contributed by atoms with van der Waals surface area (Å²) in [7, 11) is 0. The van der Waals surface area contributed by atoms with Crippen molar-refractivity contribution in [3.63, 3.8) is 0 Å². The molecular formula is C13H15NO. The Morgan fingerprint density at radius 1 is 1.20 bits per heavy atom. The molecule has 0 bridgehead atoms. The van der Waals surface area contributed by atoms with Gasteiger partial charge in [-0.25, -0.2) is 0 Å². The van der Waals surface area contributed by atoms with E-state index < -0.39 is 0 Å². The van der Waals surface area contributed by atoms with Gasteiger partial charge in [0.1, 0.15) is 0 Å². The van der Waals surface area contributed by atoms with Crippen LogP contribution in [0.2, 0.25) is 0 Å². The summed E-state index contributed by atoms with van der Waals surface area (Å²) in [6, 6.07) is 11.9. The lowest BCUT2D eigenvalue weighted by Gasteiger charge is -2.13. The molecule has 0 saturated heterocycles. The van der Waals surface area contributed by atoms with Crippen molar-refractivity contribution in [2.24, 2.45) is 5.73 Å². The highest BCUT2D eigenvalue weighted by Crippen LogP contribution is 2.25. The van der Waals surface area contributed by atoms with Gasteiger partial charge in [0.25, 0.3) is 0 Å². The van der Waals surface area contributed by atoms with E-state index in [1.54, 1.807) is 0 Å². The molecule has 0 aliphatic carbocycles. The van der Waals surface area contributed by atoms with Gasteiger partial charge in [0.05, 0.1) is 12.6 Å². The molecule has 2 rings (SSSR count). The van der Waals surface area contributed by atoms with Crippen LogP contribution in [0.5, 0.6) is 0 Å². The van der Waals surface area contributed by atoms with Crippen molar-refractivity contribution in [1.29, 1.82) is 0 Å². The lowest BCUT2D eigenvalue weighted by Crippen LogP contribution is -2.15. The van der Waals surface area contributed by atoms with E-state index in [2.05, 4.69) is 25.1 Å². The monoisotopic (exact) mass is 201 g/mol. The molecule has 0 aromatic heterocycles. The van der Waals surface area contributed by atoms with E-state index >= 15 is 0 Å². The molecule has 3 N–H and O–H groups in total. The van der Waals surface area contributed by atoms with Crippen molar-refractivity contribution in [2.45, 2.75) is 13.0 Å². The number of rotatable bonds is 2. The number of aliphatic hydroxyl groups is 1. The second kappa shape index (κ2) is 4.01. The van der Waals surface area contributed by atoms with Gasteiger partial charge >= 0.3 is 0 Å². The van der Waals surface area contributed by atoms with E-state index in [-0.39, 0.29) is 12.6 Å². The van der Waals surface area contributed by atoms with Crippen LogP contribution in [0.15, 0.2) is 36.4 Å². The Hall–Kier alpha value is -1.38. The second-order valence-electron chi connectivity index (χ2n) is 3.81. The molecule has 0 saturated carbocycles. The molecule has 0 radical (unpaired) electrons. The number of hydrogen-bond acceptors (Lipinski definition) is 2. The maximum Gasteiger partial charge on any atom is 0.0624 e. The van der Waals surface area contributed by atoms with Crippen LogP contribution in [-0.4, -0.2) is 11.7 Å².